The molecule has 0 spiro atoms. The van der Waals surface area contributed by atoms with Crippen LogP contribution in [0.1, 0.15) is 44.3 Å². The van der Waals surface area contributed by atoms with Gasteiger partial charge in [0.1, 0.15) is 17.6 Å². The number of nitro benzene ring substituents is 1. The smallest absolute Gasteiger partial charge is 0.269 e. The molecule has 3 heterocycles. The Morgan fingerprint density at radius 2 is 1.94 bits per heavy atom. The first-order valence-corrected chi connectivity index (χ1v) is 10.0. The van der Waals surface area contributed by atoms with Crippen LogP contribution in [0.25, 0.3) is 11.4 Å². The molecule has 1 aromatic carbocycles. The van der Waals surface area contributed by atoms with Gasteiger partial charge in [0.15, 0.2) is 11.6 Å². The third-order valence-corrected chi connectivity index (χ3v) is 5.70. The van der Waals surface area contributed by atoms with Crippen LogP contribution in [0.15, 0.2) is 52.1 Å². The van der Waals surface area contributed by atoms with Gasteiger partial charge in [-0.15, -0.1) is 5.10 Å². The van der Waals surface area contributed by atoms with Crippen molar-refractivity contribution in [3.8, 4) is 11.4 Å². The largest absolute Gasteiger partial charge is 0.464 e. The molecule has 1 aliphatic heterocycles. The first kappa shape index (κ1) is 19.2. The highest BCUT2D eigenvalue weighted by molar-refractivity contribution is 6.00. The van der Waals surface area contributed by atoms with E-state index in [1.54, 1.807) is 16.8 Å². The topological polar surface area (TPSA) is 116 Å². The number of aromatic nitrogens is 3. The minimum absolute atomic E-state index is 0.000237. The summed E-state index contributed by atoms with van der Waals surface area (Å²) in [7, 11) is 0. The lowest BCUT2D eigenvalue weighted by molar-refractivity contribution is -0.384. The molecule has 9 heteroatoms. The number of carbonyl (C=O) groups is 1. The van der Waals surface area contributed by atoms with Gasteiger partial charge >= 0.3 is 0 Å². The number of fused-ring (bicyclic) bond motifs is 1. The Hall–Kier alpha value is -3.75. The molecule has 3 aromatic rings. The summed E-state index contributed by atoms with van der Waals surface area (Å²) in [4.78, 5) is 28.3. The predicted molar refractivity (Wildman–Crippen MR) is 112 cm³/mol. The summed E-state index contributed by atoms with van der Waals surface area (Å²) in [6.07, 6.45) is 1.16. The highest BCUT2D eigenvalue weighted by atomic mass is 16.6. The van der Waals surface area contributed by atoms with E-state index in [1.807, 2.05) is 19.1 Å². The second-order valence-electron chi connectivity index (χ2n) is 8.82. The molecule has 1 atom stereocenters. The Bertz CT molecular complexity index is 1250. The summed E-state index contributed by atoms with van der Waals surface area (Å²) >= 11 is 0. The molecule has 1 aliphatic carbocycles. The summed E-state index contributed by atoms with van der Waals surface area (Å²) in [5.41, 5.74) is 1.99. The lowest BCUT2D eigenvalue weighted by Crippen LogP contribution is -2.36. The number of Topliss-reactive ketones (excluding diaryl/α,β-unsaturated/α-hetero) is 1. The molecular formula is C22H21N5O4. The SMILES string of the molecule is Cc1ccc(C2C3=C(CC(C)(C)CC3=O)Nc3nc(-c4ccc([N+](=O)[O-])cc4)nn32)o1. The van der Waals surface area contributed by atoms with Crippen molar-refractivity contribution >= 4 is 17.4 Å². The number of nitrogens with one attached hydrogen (secondary N) is 1. The highest BCUT2D eigenvalue weighted by Gasteiger charge is 2.43. The maximum absolute atomic E-state index is 13.2. The van der Waals surface area contributed by atoms with Crippen LogP contribution >= 0.6 is 0 Å². The number of benzene rings is 1. The molecule has 9 nitrogen and oxygen atoms in total. The Morgan fingerprint density at radius 1 is 1.19 bits per heavy atom. The number of nitrogens with zero attached hydrogens (tertiary/aromatic N) is 4. The van der Waals surface area contributed by atoms with E-state index in [4.69, 9.17) is 4.42 Å². The molecule has 31 heavy (non-hydrogen) atoms. The van der Waals surface area contributed by atoms with Crippen molar-refractivity contribution in [1.29, 1.82) is 0 Å². The van der Waals surface area contributed by atoms with Crippen molar-refractivity contribution in [3.63, 3.8) is 0 Å². The molecule has 1 unspecified atom stereocenters. The zero-order valence-corrected chi connectivity index (χ0v) is 17.4. The van der Waals surface area contributed by atoms with E-state index in [-0.39, 0.29) is 16.9 Å². The predicted octanol–water partition coefficient (Wildman–Crippen LogP) is 4.41. The lowest BCUT2D eigenvalue weighted by Gasteiger charge is -2.37. The zero-order chi connectivity index (χ0) is 21.9. The van der Waals surface area contributed by atoms with Gasteiger partial charge in [-0.2, -0.15) is 4.98 Å². The normalized spacial score (nSPS) is 19.6. The average molecular weight is 419 g/mol. The number of non-ortho nitro benzene ring substituents is 1. The fourth-order valence-corrected chi connectivity index (χ4v) is 4.33. The van der Waals surface area contributed by atoms with Crippen LogP contribution in [-0.4, -0.2) is 25.5 Å². The maximum atomic E-state index is 13.2. The Labute approximate surface area is 177 Å². The van der Waals surface area contributed by atoms with Crippen molar-refractivity contribution < 1.29 is 14.1 Å². The number of hydrogen-bond donors (Lipinski definition) is 1. The molecule has 158 valence electrons. The van der Waals surface area contributed by atoms with E-state index in [0.717, 1.165) is 11.5 Å². The summed E-state index contributed by atoms with van der Waals surface area (Å²) < 4.78 is 7.58. The Kier molecular flexibility index (Phi) is 4.11. The molecular weight excluding hydrogens is 398 g/mol. The molecule has 2 aliphatic rings. The number of hydrogen-bond acceptors (Lipinski definition) is 7. The second-order valence-corrected chi connectivity index (χ2v) is 8.82. The number of allylic oxidation sites excluding steroid dienone is 2. The van der Waals surface area contributed by atoms with Crippen molar-refractivity contribution in [1.82, 2.24) is 14.8 Å². The van der Waals surface area contributed by atoms with Crippen LogP contribution in [0.4, 0.5) is 11.6 Å². The quantitative estimate of drug-likeness (QED) is 0.493. The summed E-state index contributed by atoms with van der Waals surface area (Å²) in [6.45, 7) is 6.00. The van der Waals surface area contributed by atoms with E-state index in [1.165, 1.54) is 12.1 Å². The summed E-state index contributed by atoms with van der Waals surface area (Å²) in [5, 5.41) is 18.9. The zero-order valence-electron chi connectivity index (χ0n) is 17.4. The van der Waals surface area contributed by atoms with Gasteiger partial charge in [-0.05, 0) is 43.0 Å². The maximum Gasteiger partial charge on any atom is 0.269 e. The molecule has 0 radical (unpaired) electrons. The number of aryl methyl sites for hydroxylation is 1. The molecule has 2 aromatic heterocycles. The van der Waals surface area contributed by atoms with Crippen LogP contribution in [0.5, 0.6) is 0 Å². The van der Waals surface area contributed by atoms with Crippen LogP contribution in [0, 0.1) is 22.5 Å². The fraction of sp³-hybridized carbons (Fsp3) is 0.318. The van der Waals surface area contributed by atoms with Crippen LogP contribution < -0.4 is 5.32 Å². The van der Waals surface area contributed by atoms with E-state index in [9.17, 15) is 14.9 Å². The number of ketones is 1. The van der Waals surface area contributed by atoms with Gasteiger partial charge in [-0.1, -0.05) is 13.8 Å². The van der Waals surface area contributed by atoms with Gasteiger partial charge in [-0.25, -0.2) is 4.68 Å². The van der Waals surface area contributed by atoms with Crippen LogP contribution in [0.3, 0.4) is 0 Å². The fourth-order valence-electron chi connectivity index (χ4n) is 4.33. The van der Waals surface area contributed by atoms with E-state index in [0.29, 0.717) is 41.5 Å². The first-order chi connectivity index (χ1) is 14.7. The van der Waals surface area contributed by atoms with Crippen molar-refractivity contribution in [2.24, 2.45) is 5.41 Å². The number of furan rings is 1. The minimum Gasteiger partial charge on any atom is -0.464 e. The summed E-state index contributed by atoms with van der Waals surface area (Å²) in [5.74, 6) is 2.36. The second kappa shape index (κ2) is 6.63. The Balaban J connectivity index is 1.63. The van der Waals surface area contributed by atoms with Crippen molar-refractivity contribution in [2.75, 3.05) is 5.32 Å². The third kappa shape index (κ3) is 3.22. The minimum atomic E-state index is -0.511. The van der Waals surface area contributed by atoms with Crippen LogP contribution in [-0.2, 0) is 4.79 Å². The van der Waals surface area contributed by atoms with Gasteiger partial charge in [-0.3, -0.25) is 14.9 Å². The highest BCUT2D eigenvalue weighted by Crippen LogP contribution is 2.45. The van der Waals surface area contributed by atoms with Gasteiger partial charge in [0, 0.05) is 35.4 Å². The van der Waals surface area contributed by atoms with E-state index < -0.39 is 11.0 Å². The monoisotopic (exact) mass is 419 g/mol. The molecule has 0 amide bonds. The van der Waals surface area contributed by atoms with Crippen LogP contribution in [0.2, 0.25) is 0 Å². The van der Waals surface area contributed by atoms with Gasteiger partial charge in [0.05, 0.1) is 4.92 Å². The van der Waals surface area contributed by atoms with E-state index in [2.05, 4.69) is 29.2 Å². The average Bonchev–Trinajstić information content (AvgIpc) is 3.31. The summed E-state index contributed by atoms with van der Waals surface area (Å²) in [6, 6.07) is 9.29. The molecule has 5 rings (SSSR count). The molecule has 0 fully saturated rings. The van der Waals surface area contributed by atoms with E-state index >= 15 is 0 Å². The number of rotatable bonds is 3. The number of nitro groups is 1. The number of carbonyl (C=O) groups excluding carboxylic acids is 1. The Morgan fingerprint density at radius 3 is 2.58 bits per heavy atom. The van der Waals surface area contributed by atoms with Gasteiger partial charge in [0.2, 0.25) is 5.95 Å². The van der Waals surface area contributed by atoms with Gasteiger partial charge in [0.25, 0.3) is 5.69 Å². The third-order valence-electron chi connectivity index (χ3n) is 5.70. The molecule has 0 bridgehead atoms. The van der Waals surface area contributed by atoms with Crippen molar-refractivity contribution in [3.05, 3.63) is 69.3 Å². The standard InChI is InChI=1S/C22H21N5O4/c1-12-4-9-17(31-12)19-18-15(10-22(2,3)11-16(18)28)23-21-24-20(25-26(19)21)13-5-7-14(8-6-13)27(29)30/h4-9,19H,10-11H2,1-3H3,(H,23,24,25). The molecule has 1 N–H and O–H groups in total. The van der Waals surface area contributed by atoms with Gasteiger partial charge < -0.3 is 9.73 Å². The first-order valence-electron chi connectivity index (χ1n) is 10.0. The molecule has 0 saturated heterocycles. The number of anilines is 1. The lowest BCUT2D eigenvalue weighted by atomic mass is 9.73. The molecule has 0 saturated carbocycles. The van der Waals surface area contributed by atoms with Crippen molar-refractivity contribution in [2.45, 2.75) is 39.7 Å².